The molecular formula is C38H34N2O6. The maximum atomic E-state index is 13.6. The lowest BCUT2D eigenvalue weighted by atomic mass is 9.69. The van der Waals surface area contributed by atoms with E-state index in [1.165, 1.54) is 0 Å². The topological polar surface area (TPSA) is 100 Å². The van der Waals surface area contributed by atoms with Crippen molar-refractivity contribution in [2.24, 2.45) is 0 Å². The Morgan fingerprint density at radius 2 is 1.63 bits per heavy atom. The Balaban J connectivity index is 1.60. The van der Waals surface area contributed by atoms with Crippen molar-refractivity contribution in [2.45, 2.75) is 37.9 Å². The molecule has 1 aliphatic heterocycles. The molecule has 0 radical (unpaired) electrons. The average Bonchev–Trinajstić information content (AvgIpc) is 3.46. The van der Waals surface area contributed by atoms with Gasteiger partial charge in [0.1, 0.15) is 11.5 Å². The van der Waals surface area contributed by atoms with Crippen LogP contribution in [0.15, 0.2) is 97.1 Å². The molecule has 2 aliphatic rings. The quantitative estimate of drug-likeness (QED) is 0.201. The fraction of sp³-hybridized carbons (Fsp3) is 0.237. The highest BCUT2D eigenvalue weighted by atomic mass is 16.6. The van der Waals surface area contributed by atoms with E-state index in [0.717, 1.165) is 22.3 Å². The number of carbonyl (C=O) groups excluding carboxylic acids is 1. The first-order valence-corrected chi connectivity index (χ1v) is 15.3. The summed E-state index contributed by atoms with van der Waals surface area (Å²) in [6.45, 7) is 5.58. The highest BCUT2D eigenvalue weighted by Gasteiger charge is 2.73. The van der Waals surface area contributed by atoms with Crippen molar-refractivity contribution in [3.63, 3.8) is 0 Å². The van der Waals surface area contributed by atoms with Crippen molar-refractivity contribution in [3.8, 4) is 28.8 Å². The maximum absolute atomic E-state index is 13.6. The Labute approximate surface area is 267 Å². The number of fused-ring (bicyclic) bond motifs is 5. The predicted molar refractivity (Wildman–Crippen MR) is 172 cm³/mol. The Hall–Kier alpha value is -5.21. The van der Waals surface area contributed by atoms with E-state index in [-0.39, 0.29) is 19.1 Å². The number of rotatable bonds is 8. The van der Waals surface area contributed by atoms with Gasteiger partial charge in [0.15, 0.2) is 23.6 Å². The summed E-state index contributed by atoms with van der Waals surface area (Å²) in [5.74, 6) is 0.593. The minimum Gasteiger partial charge on any atom is -0.497 e. The Bertz CT molecular complexity index is 1930. The number of nitrogens with zero attached hydrogens (tertiary/aromatic N) is 2. The highest BCUT2D eigenvalue weighted by molar-refractivity contribution is 5.72. The number of hydrogen-bond donors (Lipinski definition) is 1. The zero-order chi connectivity index (χ0) is 32.1. The molecule has 0 spiro atoms. The van der Waals surface area contributed by atoms with E-state index in [4.69, 9.17) is 28.9 Å². The fourth-order valence-corrected chi connectivity index (χ4v) is 7.13. The van der Waals surface area contributed by atoms with Crippen LogP contribution in [0, 0.1) is 13.8 Å². The molecule has 8 heteroatoms. The van der Waals surface area contributed by atoms with Gasteiger partial charge in [-0.05, 0) is 55.7 Å². The van der Waals surface area contributed by atoms with E-state index in [9.17, 15) is 9.90 Å². The first kappa shape index (κ1) is 29.5. The van der Waals surface area contributed by atoms with Gasteiger partial charge < -0.3 is 24.1 Å². The van der Waals surface area contributed by atoms with Crippen LogP contribution in [0.25, 0.3) is 11.4 Å². The number of aromatic nitrogens is 2. The van der Waals surface area contributed by atoms with Crippen LogP contribution in [0.5, 0.6) is 17.4 Å². The number of aryl methyl sites for hydroxylation is 2. The molecule has 0 saturated carbocycles. The summed E-state index contributed by atoms with van der Waals surface area (Å²) in [4.78, 5) is 22.6. The van der Waals surface area contributed by atoms with Gasteiger partial charge in [-0.15, -0.1) is 0 Å². The van der Waals surface area contributed by atoms with Crippen LogP contribution < -0.4 is 14.2 Å². The molecule has 0 amide bonds. The first-order valence-electron chi connectivity index (χ1n) is 15.3. The molecule has 8 nitrogen and oxygen atoms in total. The number of ether oxygens (including phenoxy) is 4. The smallest absolute Gasteiger partial charge is 0.344 e. The molecule has 1 aliphatic carbocycles. The van der Waals surface area contributed by atoms with Crippen LogP contribution in [0.3, 0.4) is 0 Å². The van der Waals surface area contributed by atoms with Crippen LogP contribution in [-0.4, -0.2) is 41.4 Å². The molecule has 4 aromatic carbocycles. The SMILES string of the molecule is CCOC(=O)COc1nc(-c2ccccc2)nc2c1[C@@H](c1ccccc1)[C@]1(c3ccc(OC)cc3)Oc3cc(C)cc(C)c3[C@]21O. The van der Waals surface area contributed by atoms with Crippen LogP contribution in [0.4, 0.5) is 0 Å². The van der Waals surface area contributed by atoms with Gasteiger partial charge in [-0.1, -0.05) is 78.9 Å². The standard InChI is InChI=1S/C38H34N2O6/c1-5-44-30(41)22-45-36-31-33(25-12-8-6-9-13-25)38(27-16-18-28(43-4)19-17-27)37(42,32-24(3)20-23(2)21-29(32)46-38)34(31)39-35(40-36)26-14-10-7-11-15-26/h6-21,33,42H,5,22H2,1-4H3/t33-,37+,38+/m1/s1. The Morgan fingerprint density at radius 3 is 2.30 bits per heavy atom. The lowest BCUT2D eigenvalue weighted by molar-refractivity contribution is -0.145. The summed E-state index contributed by atoms with van der Waals surface area (Å²) in [7, 11) is 1.61. The first-order chi connectivity index (χ1) is 22.3. The number of methoxy groups -OCH3 is 1. The Kier molecular flexibility index (Phi) is 7.25. The zero-order valence-electron chi connectivity index (χ0n) is 26.1. The van der Waals surface area contributed by atoms with E-state index in [0.29, 0.717) is 39.7 Å². The lowest BCUT2D eigenvalue weighted by Crippen LogP contribution is -2.49. The van der Waals surface area contributed by atoms with Crippen molar-refractivity contribution in [1.82, 2.24) is 9.97 Å². The molecule has 0 bridgehead atoms. The van der Waals surface area contributed by atoms with Crippen LogP contribution in [0.1, 0.15) is 51.9 Å². The van der Waals surface area contributed by atoms with E-state index >= 15 is 0 Å². The van der Waals surface area contributed by atoms with Crippen molar-refractivity contribution in [3.05, 3.63) is 136 Å². The molecule has 0 saturated heterocycles. The second-order valence-electron chi connectivity index (χ2n) is 11.6. The van der Waals surface area contributed by atoms with Gasteiger partial charge in [0.2, 0.25) is 5.88 Å². The Morgan fingerprint density at radius 1 is 0.935 bits per heavy atom. The van der Waals surface area contributed by atoms with E-state index in [1.54, 1.807) is 14.0 Å². The van der Waals surface area contributed by atoms with Gasteiger partial charge in [0, 0.05) is 16.7 Å². The fourth-order valence-electron chi connectivity index (χ4n) is 7.13. The molecule has 0 unspecified atom stereocenters. The molecular weight excluding hydrogens is 580 g/mol. The van der Waals surface area contributed by atoms with Gasteiger partial charge in [0.05, 0.1) is 30.9 Å². The minimum absolute atomic E-state index is 0.177. The second-order valence-corrected chi connectivity index (χ2v) is 11.6. The summed E-state index contributed by atoms with van der Waals surface area (Å²) >= 11 is 0. The van der Waals surface area contributed by atoms with Crippen molar-refractivity contribution < 1.29 is 28.8 Å². The second kappa shape index (κ2) is 11.3. The number of carbonyl (C=O) groups is 1. The monoisotopic (exact) mass is 614 g/mol. The minimum atomic E-state index is -1.79. The summed E-state index contributed by atoms with van der Waals surface area (Å²) in [6, 6.07) is 30.9. The van der Waals surface area contributed by atoms with Crippen LogP contribution in [0.2, 0.25) is 0 Å². The molecule has 1 N–H and O–H groups in total. The van der Waals surface area contributed by atoms with E-state index in [2.05, 4.69) is 0 Å². The maximum Gasteiger partial charge on any atom is 0.344 e. The molecule has 232 valence electrons. The summed E-state index contributed by atoms with van der Waals surface area (Å²) in [5.41, 5.74) is 2.47. The summed E-state index contributed by atoms with van der Waals surface area (Å²) in [5, 5.41) is 13.6. The third kappa shape index (κ3) is 4.35. The molecule has 3 atom stereocenters. The molecule has 5 aromatic rings. The largest absolute Gasteiger partial charge is 0.497 e. The molecule has 2 heterocycles. The third-order valence-corrected chi connectivity index (χ3v) is 8.88. The van der Waals surface area contributed by atoms with E-state index < -0.39 is 23.1 Å². The van der Waals surface area contributed by atoms with Gasteiger partial charge in [-0.3, -0.25) is 0 Å². The van der Waals surface area contributed by atoms with Gasteiger partial charge in [0.25, 0.3) is 0 Å². The molecule has 0 fully saturated rings. The van der Waals surface area contributed by atoms with Crippen LogP contribution in [-0.2, 0) is 20.7 Å². The van der Waals surface area contributed by atoms with Gasteiger partial charge in [-0.2, -0.15) is 4.98 Å². The van der Waals surface area contributed by atoms with Gasteiger partial charge in [-0.25, -0.2) is 9.78 Å². The average molecular weight is 615 g/mol. The molecule has 1 aromatic heterocycles. The third-order valence-electron chi connectivity index (χ3n) is 8.88. The number of hydrogen-bond acceptors (Lipinski definition) is 8. The molecule has 7 rings (SSSR count). The van der Waals surface area contributed by atoms with Crippen molar-refractivity contribution in [2.75, 3.05) is 20.3 Å². The molecule has 46 heavy (non-hydrogen) atoms. The summed E-state index contributed by atoms with van der Waals surface area (Å²) < 4.78 is 24.1. The predicted octanol–water partition coefficient (Wildman–Crippen LogP) is 6.38. The van der Waals surface area contributed by atoms with Crippen LogP contribution >= 0.6 is 0 Å². The number of aliphatic hydroxyl groups is 1. The number of benzene rings is 4. The van der Waals surface area contributed by atoms with Crippen molar-refractivity contribution >= 4 is 5.97 Å². The van der Waals surface area contributed by atoms with Gasteiger partial charge >= 0.3 is 5.97 Å². The zero-order valence-corrected chi connectivity index (χ0v) is 26.1. The van der Waals surface area contributed by atoms with E-state index in [1.807, 2.05) is 111 Å². The summed E-state index contributed by atoms with van der Waals surface area (Å²) in [6.07, 6.45) is 0. The lowest BCUT2D eigenvalue weighted by Gasteiger charge is -2.40. The normalized spacial score (nSPS) is 20.7. The number of esters is 1. The van der Waals surface area contributed by atoms with Crippen molar-refractivity contribution in [1.29, 1.82) is 0 Å². The highest BCUT2D eigenvalue weighted by Crippen LogP contribution is 2.70.